The van der Waals surface area contributed by atoms with E-state index in [1.807, 2.05) is 48.5 Å². The molecule has 0 atom stereocenters. The van der Waals surface area contributed by atoms with Crippen molar-refractivity contribution in [2.75, 3.05) is 0 Å². The third-order valence-corrected chi connectivity index (χ3v) is 3.63. The average Bonchev–Trinajstić information content (AvgIpc) is 2.56. The van der Waals surface area contributed by atoms with Crippen molar-refractivity contribution in [2.45, 2.75) is 0 Å². The predicted molar refractivity (Wildman–Crippen MR) is 88.8 cm³/mol. The van der Waals surface area contributed by atoms with Gasteiger partial charge in [0.15, 0.2) is 0 Å². The van der Waals surface area contributed by atoms with Gasteiger partial charge >= 0.3 is 7.12 Å². The molecule has 0 heterocycles. The first kappa shape index (κ1) is 14.4. The number of rotatable bonds is 3. The van der Waals surface area contributed by atoms with Gasteiger partial charge in [0.1, 0.15) is 5.75 Å². The van der Waals surface area contributed by atoms with Crippen LogP contribution in [-0.4, -0.2) is 22.3 Å². The fourth-order valence-electron chi connectivity index (χ4n) is 2.36. The van der Waals surface area contributed by atoms with Crippen molar-refractivity contribution in [3.05, 3.63) is 72.8 Å². The minimum atomic E-state index is -1.44. The highest BCUT2D eigenvalue weighted by Gasteiger charge is 2.10. The molecule has 0 bridgehead atoms. The molecule has 0 unspecified atom stereocenters. The van der Waals surface area contributed by atoms with Crippen LogP contribution in [0.15, 0.2) is 72.8 Å². The maximum Gasteiger partial charge on any atom is 0.488 e. The van der Waals surface area contributed by atoms with Crippen molar-refractivity contribution in [3.8, 4) is 28.0 Å². The van der Waals surface area contributed by atoms with Crippen LogP contribution in [0.3, 0.4) is 0 Å². The second-order valence-electron chi connectivity index (χ2n) is 5.12. The largest absolute Gasteiger partial charge is 0.508 e. The number of phenolic OH excluding ortho intramolecular Hbond substituents is 1. The van der Waals surface area contributed by atoms with Gasteiger partial charge in [-0.3, -0.25) is 0 Å². The molecule has 0 spiro atoms. The lowest BCUT2D eigenvalue weighted by Crippen LogP contribution is -2.29. The van der Waals surface area contributed by atoms with Gasteiger partial charge in [0, 0.05) is 0 Å². The van der Waals surface area contributed by atoms with E-state index in [0.717, 1.165) is 22.3 Å². The monoisotopic (exact) mass is 290 g/mol. The number of hydrogen-bond acceptors (Lipinski definition) is 3. The van der Waals surface area contributed by atoms with Gasteiger partial charge in [-0.25, -0.2) is 0 Å². The van der Waals surface area contributed by atoms with E-state index in [1.165, 1.54) is 0 Å². The molecule has 4 heteroatoms. The molecule has 108 valence electrons. The molecule has 0 aliphatic rings. The summed E-state index contributed by atoms with van der Waals surface area (Å²) in [5.74, 6) is 0.256. The van der Waals surface area contributed by atoms with E-state index in [2.05, 4.69) is 0 Å². The van der Waals surface area contributed by atoms with E-state index in [9.17, 15) is 5.11 Å². The van der Waals surface area contributed by atoms with Crippen LogP contribution in [0, 0.1) is 0 Å². The van der Waals surface area contributed by atoms with Crippen molar-refractivity contribution in [1.29, 1.82) is 0 Å². The minimum Gasteiger partial charge on any atom is -0.508 e. The smallest absolute Gasteiger partial charge is 0.488 e. The van der Waals surface area contributed by atoms with Crippen molar-refractivity contribution in [1.82, 2.24) is 0 Å². The molecule has 3 aromatic carbocycles. The Labute approximate surface area is 129 Å². The molecule has 0 fully saturated rings. The quantitative estimate of drug-likeness (QED) is 0.649. The average molecular weight is 290 g/mol. The second-order valence-corrected chi connectivity index (χ2v) is 5.12. The lowest BCUT2D eigenvalue weighted by Gasteiger charge is -2.06. The minimum absolute atomic E-state index is 0.256. The highest BCUT2D eigenvalue weighted by atomic mass is 16.4. The van der Waals surface area contributed by atoms with E-state index < -0.39 is 7.12 Å². The zero-order valence-electron chi connectivity index (χ0n) is 11.8. The molecule has 0 amide bonds. The first-order valence-electron chi connectivity index (χ1n) is 6.99. The van der Waals surface area contributed by atoms with Crippen LogP contribution >= 0.6 is 0 Å². The number of hydrogen-bond donors (Lipinski definition) is 3. The first-order chi connectivity index (χ1) is 10.6. The SMILES string of the molecule is OB(O)c1ccc(-c2ccc(-c3ccc(O)cc3)cc2)cc1. The zero-order chi connectivity index (χ0) is 15.5. The Morgan fingerprint density at radius 1 is 0.500 bits per heavy atom. The van der Waals surface area contributed by atoms with Crippen LogP contribution in [0.5, 0.6) is 5.75 Å². The first-order valence-corrected chi connectivity index (χ1v) is 6.99. The van der Waals surface area contributed by atoms with Crippen LogP contribution in [0.25, 0.3) is 22.3 Å². The summed E-state index contributed by atoms with van der Waals surface area (Å²) in [5, 5.41) is 27.5. The third kappa shape index (κ3) is 3.03. The van der Waals surface area contributed by atoms with Gasteiger partial charge in [-0.1, -0.05) is 60.7 Å². The molecular weight excluding hydrogens is 275 g/mol. The summed E-state index contributed by atoms with van der Waals surface area (Å²) < 4.78 is 0. The Morgan fingerprint density at radius 3 is 1.18 bits per heavy atom. The molecule has 3 N–H and O–H groups in total. The Balaban J connectivity index is 1.86. The van der Waals surface area contributed by atoms with E-state index in [-0.39, 0.29) is 5.75 Å². The van der Waals surface area contributed by atoms with E-state index in [1.54, 1.807) is 24.3 Å². The van der Waals surface area contributed by atoms with Crippen LogP contribution in [0.1, 0.15) is 0 Å². The summed E-state index contributed by atoms with van der Waals surface area (Å²) in [6.07, 6.45) is 0. The lowest BCUT2D eigenvalue weighted by atomic mass is 9.80. The molecule has 0 radical (unpaired) electrons. The molecule has 0 aromatic heterocycles. The van der Waals surface area contributed by atoms with E-state index in [0.29, 0.717) is 5.46 Å². The lowest BCUT2D eigenvalue weighted by molar-refractivity contribution is 0.426. The highest BCUT2D eigenvalue weighted by molar-refractivity contribution is 6.58. The fraction of sp³-hybridized carbons (Fsp3) is 0. The summed E-state index contributed by atoms with van der Waals surface area (Å²) in [6.45, 7) is 0. The van der Waals surface area contributed by atoms with Crippen LogP contribution < -0.4 is 5.46 Å². The van der Waals surface area contributed by atoms with Crippen molar-refractivity contribution in [2.24, 2.45) is 0 Å². The Bertz CT molecular complexity index is 748. The van der Waals surface area contributed by atoms with E-state index in [4.69, 9.17) is 10.0 Å². The Hall–Kier alpha value is -2.56. The molecule has 0 aliphatic heterocycles. The Morgan fingerprint density at radius 2 is 0.818 bits per heavy atom. The molecule has 3 rings (SSSR count). The summed E-state index contributed by atoms with van der Waals surface area (Å²) in [6, 6.07) is 22.3. The molecule has 0 saturated carbocycles. The van der Waals surface area contributed by atoms with Crippen LogP contribution in [-0.2, 0) is 0 Å². The molecule has 22 heavy (non-hydrogen) atoms. The predicted octanol–water partition coefficient (Wildman–Crippen LogP) is 2.41. The normalized spacial score (nSPS) is 10.5. The second kappa shape index (κ2) is 6.06. The maximum atomic E-state index is 9.32. The number of phenols is 1. The third-order valence-electron chi connectivity index (χ3n) is 3.63. The zero-order valence-corrected chi connectivity index (χ0v) is 11.8. The van der Waals surface area contributed by atoms with Crippen molar-refractivity contribution in [3.63, 3.8) is 0 Å². The molecule has 3 aromatic rings. The standard InChI is InChI=1S/C18H15BO3/c20-18-11-7-16(8-12-18)14-3-1-13(2-4-14)15-5-9-17(10-6-15)19(21)22/h1-12,20-22H. The van der Waals surface area contributed by atoms with Gasteiger partial charge in [-0.2, -0.15) is 0 Å². The molecular formula is C18H15BO3. The van der Waals surface area contributed by atoms with E-state index >= 15 is 0 Å². The van der Waals surface area contributed by atoms with Gasteiger partial charge in [-0.15, -0.1) is 0 Å². The van der Waals surface area contributed by atoms with Gasteiger partial charge in [-0.05, 0) is 39.8 Å². The summed E-state index contributed by atoms with van der Waals surface area (Å²) in [7, 11) is -1.44. The van der Waals surface area contributed by atoms with Crippen LogP contribution in [0.4, 0.5) is 0 Å². The summed E-state index contributed by atoms with van der Waals surface area (Å²) in [5.41, 5.74) is 4.67. The topological polar surface area (TPSA) is 60.7 Å². The number of benzene rings is 3. The molecule has 0 aliphatic carbocycles. The van der Waals surface area contributed by atoms with Gasteiger partial charge in [0.05, 0.1) is 0 Å². The fourth-order valence-corrected chi connectivity index (χ4v) is 2.36. The highest BCUT2D eigenvalue weighted by Crippen LogP contribution is 2.25. The van der Waals surface area contributed by atoms with Crippen molar-refractivity contribution < 1.29 is 15.2 Å². The summed E-state index contributed by atoms with van der Waals surface area (Å²) >= 11 is 0. The molecule has 3 nitrogen and oxygen atoms in total. The van der Waals surface area contributed by atoms with Crippen molar-refractivity contribution >= 4 is 12.6 Å². The Kier molecular flexibility index (Phi) is 3.96. The number of aromatic hydroxyl groups is 1. The maximum absolute atomic E-state index is 9.32. The van der Waals surface area contributed by atoms with Gasteiger partial charge in [0.2, 0.25) is 0 Å². The molecule has 0 saturated heterocycles. The summed E-state index contributed by atoms with van der Waals surface area (Å²) in [4.78, 5) is 0. The van der Waals surface area contributed by atoms with Gasteiger partial charge < -0.3 is 15.2 Å². The van der Waals surface area contributed by atoms with Gasteiger partial charge in [0.25, 0.3) is 0 Å². The van der Waals surface area contributed by atoms with Crippen LogP contribution in [0.2, 0.25) is 0 Å².